The summed E-state index contributed by atoms with van der Waals surface area (Å²) in [7, 11) is -0.547. The molecule has 1 atom stereocenters. The summed E-state index contributed by atoms with van der Waals surface area (Å²) >= 11 is 0. The molecule has 0 unspecified atom stereocenters. The van der Waals surface area contributed by atoms with Crippen LogP contribution in [0.3, 0.4) is 0 Å². The van der Waals surface area contributed by atoms with Crippen LogP contribution in [0.5, 0.6) is 5.75 Å². The normalized spacial score (nSPS) is 22.8. The smallest absolute Gasteiger partial charge is 0.246 e. The number of piperidine rings is 2. The Balaban J connectivity index is 1.70. The van der Waals surface area contributed by atoms with Crippen LogP contribution in [0.15, 0.2) is 23.1 Å². The van der Waals surface area contributed by atoms with Gasteiger partial charge in [0.15, 0.2) is 0 Å². The molecular weight excluding hydrogens is 385 g/mol. The maximum atomic E-state index is 13.7. The largest absolute Gasteiger partial charge is 0.495 e. The zero-order valence-electron chi connectivity index (χ0n) is 16.4. The molecule has 0 radical (unpaired) electrons. The van der Waals surface area contributed by atoms with Crippen LogP contribution in [0.4, 0.5) is 4.39 Å². The quantitative estimate of drug-likeness (QED) is 0.790. The van der Waals surface area contributed by atoms with Gasteiger partial charge in [0.25, 0.3) is 0 Å². The maximum Gasteiger partial charge on any atom is 0.246 e. The van der Waals surface area contributed by atoms with Crippen molar-refractivity contribution >= 4 is 15.9 Å². The van der Waals surface area contributed by atoms with E-state index in [1.807, 2.05) is 0 Å². The van der Waals surface area contributed by atoms with Crippen LogP contribution in [0.2, 0.25) is 0 Å². The van der Waals surface area contributed by atoms with E-state index in [2.05, 4.69) is 17.3 Å². The molecule has 3 rings (SSSR count). The second kappa shape index (κ2) is 8.75. The molecule has 2 fully saturated rings. The summed E-state index contributed by atoms with van der Waals surface area (Å²) in [6.45, 7) is 2.28. The number of nitrogens with one attached hydrogen (secondary N) is 1. The lowest BCUT2D eigenvalue weighted by molar-refractivity contribution is -0.127. The summed E-state index contributed by atoms with van der Waals surface area (Å²) in [6.07, 6.45) is 3.03. The zero-order chi connectivity index (χ0) is 20.3. The number of benzene rings is 1. The maximum absolute atomic E-state index is 13.7. The van der Waals surface area contributed by atoms with Crippen molar-refractivity contribution in [1.82, 2.24) is 14.5 Å². The lowest BCUT2D eigenvalue weighted by Crippen LogP contribution is -2.49. The van der Waals surface area contributed by atoms with Crippen molar-refractivity contribution in [2.24, 2.45) is 5.92 Å². The number of likely N-dealkylation sites (tertiary alicyclic amines) is 1. The van der Waals surface area contributed by atoms with E-state index in [1.165, 1.54) is 17.5 Å². The summed E-state index contributed by atoms with van der Waals surface area (Å²) in [5, 5.41) is 3.08. The van der Waals surface area contributed by atoms with Gasteiger partial charge in [0.1, 0.15) is 16.5 Å². The monoisotopic (exact) mass is 413 g/mol. The van der Waals surface area contributed by atoms with E-state index >= 15 is 0 Å². The van der Waals surface area contributed by atoms with Crippen LogP contribution < -0.4 is 10.1 Å². The first kappa shape index (κ1) is 21.0. The number of sulfonamides is 1. The molecule has 9 heteroatoms. The number of hydrogen-bond donors (Lipinski definition) is 1. The summed E-state index contributed by atoms with van der Waals surface area (Å²) < 4.78 is 46.2. The van der Waals surface area contributed by atoms with Crippen molar-refractivity contribution in [3.05, 3.63) is 24.0 Å². The SMILES string of the molecule is COc1ccc(F)cc1S(=O)(=O)N1CCC[C@H](C(=O)NC2CCN(C)CC2)C1. The molecule has 0 aliphatic carbocycles. The minimum Gasteiger partial charge on any atom is -0.495 e. The highest BCUT2D eigenvalue weighted by Gasteiger charge is 2.35. The van der Waals surface area contributed by atoms with Crippen LogP contribution in [0, 0.1) is 11.7 Å². The van der Waals surface area contributed by atoms with E-state index in [9.17, 15) is 17.6 Å². The van der Waals surface area contributed by atoms with Crippen molar-refractivity contribution in [3.63, 3.8) is 0 Å². The van der Waals surface area contributed by atoms with Crippen molar-refractivity contribution in [1.29, 1.82) is 0 Å². The number of carbonyl (C=O) groups excluding carboxylic acids is 1. The molecule has 0 aromatic heterocycles. The molecule has 0 saturated carbocycles. The highest BCUT2D eigenvalue weighted by Crippen LogP contribution is 2.30. The molecule has 2 saturated heterocycles. The lowest BCUT2D eigenvalue weighted by atomic mass is 9.97. The number of amides is 1. The van der Waals surface area contributed by atoms with E-state index in [4.69, 9.17) is 4.74 Å². The van der Waals surface area contributed by atoms with Crippen LogP contribution in [-0.2, 0) is 14.8 Å². The number of halogens is 1. The highest BCUT2D eigenvalue weighted by molar-refractivity contribution is 7.89. The number of hydrogen-bond acceptors (Lipinski definition) is 5. The third kappa shape index (κ3) is 4.64. The third-order valence-electron chi connectivity index (χ3n) is 5.56. The fraction of sp³-hybridized carbons (Fsp3) is 0.632. The van der Waals surface area contributed by atoms with Gasteiger partial charge in [0, 0.05) is 19.1 Å². The van der Waals surface area contributed by atoms with Crippen molar-refractivity contribution in [2.45, 2.75) is 36.6 Å². The van der Waals surface area contributed by atoms with Gasteiger partial charge >= 0.3 is 0 Å². The number of nitrogens with zero attached hydrogens (tertiary/aromatic N) is 2. The number of rotatable bonds is 5. The average Bonchev–Trinajstić information content (AvgIpc) is 2.69. The Labute approximate surface area is 165 Å². The van der Waals surface area contributed by atoms with Crippen LogP contribution in [0.25, 0.3) is 0 Å². The minimum absolute atomic E-state index is 0.0966. The molecule has 1 N–H and O–H groups in total. The van der Waals surface area contributed by atoms with Crippen LogP contribution in [-0.4, -0.2) is 69.9 Å². The van der Waals surface area contributed by atoms with Gasteiger partial charge in [-0.25, -0.2) is 12.8 Å². The molecule has 7 nitrogen and oxygen atoms in total. The van der Waals surface area contributed by atoms with Crippen molar-refractivity contribution in [3.8, 4) is 5.75 Å². The Hall–Kier alpha value is -1.71. The van der Waals surface area contributed by atoms with E-state index in [1.54, 1.807) is 0 Å². The summed E-state index contributed by atoms with van der Waals surface area (Å²) in [5.41, 5.74) is 0. The van der Waals surface area contributed by atoms with Gasteiger partial charge in [0.2, 0.25) is 15.9 Å². The Morgan fingerprint density at radius 1 is 1.21 bits per heavy atom. The molecule has 0 spiro atoms. The Bertz CT molecular complexity index is 809. The van der Waals surface area contributed by atoms with Gasteiger partial charge in [-0.3, -0.25) is 4.79 Å². The number of methoxy groups -OCH3 is 1. The molecule has 156 valence electrons. The molecule has 2 aliphatic heterocycles. The standard InChI is InChI=1S/C19H28FN3O4S/c1-22-10-7-16(8-11-22)21-19(24)14-4-3-9-23(13-14)28(25,26)18-12-15(20)5-6-17(18)27-2/h5-6,12,14,16H,3-4,7-11,13H2,1-2H3,(H,21,24)/t14-/m0/s1. The second-order valence-corrected chi connectivity index (χ2v) is 9.49. The Kier molecular flexibility index (Phi) is 6.57. The van der Waals surface area contributed by atoms with Gasteiger partial charge < -0.3 is 15.0 Å². The highest BCUT2D eigenvalue weighted by atomic mass is 32.2. The van der Waals surface area contributed by atoms with Crippen molar-refractivity contribution in [2.75, 3.05) is 40.3 Å². The van der Waals surface area contributed by atoms with Crippen LogP contribution >= 0.6 is 0 Å². The van der Waals surface area contributed by atoms with E-state index in [-0.39, 0.29) is 29.1 Å². The zero-order valence-corrected chi connectivity index (χ0v) is 17.2. The van der Waals surface area contributed by atoms with Crippen LogP contribution in [0.1, 0.15) is 25.7 Å². The predicted molar refractivity (Wildman–Crippen MR) is 103 cm³/mol. The van der Waals surface area contributed by atoms with Gasteiger partial charge in [-0.15, -0.1) is 0 Å². The molecule has 1 aromatic carbocycles. The molecule has 1 aromatic rings. The Morgan fingerprint density at radius 2 is 1.93 bits per heavy atom. The first-order chi connectivity index (χ1) is 13.3. The summed E-state index contributed by atoms with van der Waals surface area (Å²) in [5.74, 6) is -1.05. The van der Waals surface area contributed by atoms with E-state index in [0.717, 1.165) is 38.1 Å². The number of ether oxygens (including phenoxy) is 1. The first-order valence-electron chi connectivity index (χ1n) is 9.64. The minimum atomic E-state index is -3.95. The number of carbonyl (C=O) groups is 1. The third-order valence-corrected chi connectivity index (χ3v) is 7.45. The first-order valence-corrected chi connectivity index (χ1v) is 11.1. The topological polar surface area (TPSA) is 79.0 Å². The lowest BCUT2D eigenvalue weighted by Gasteiger charge is -2.34. The van der Waals surface area contributed by atoms with E-state index in [0.29, 0.717) is 19.4 Å². The fourth-order valence-corrected chi connectivity index (χ4v) is 5.53. The summed E-state index contributed by atoms with van der Waals surface area (Å²) in [6, 6.07) is 3.57. The second-order valence-electron chi connectivity index (χ2n) is 7.58. The molecule has 28 heavy (non-hydrogen) atoms. The van der Waals surface area contributed by atoms with E-state index < -0.39 is 21.8 Å². The van der Waals surface area contributed by atoms with Gasteiger partial charge in [-0.05, 0) is 64.0 Å². The van der Waals surface area contributed by atoms with Gasteiger partial charge in [0.05, 0.1) is 13.0 Å². The molecule has 0 bridgehead atoms. The van der Waals surface area contributed by atoms with Crippen molar-refractivity contribution < 1.29 is 22.3 Å². The summed E-state index contributed by atoms with van der Waals surface area (Å²) in [4.78, 5) is 14.7. The predicted octanol–water partition coefficient (Wildman–Crippen LogP) is 1.45. The molecule has 2 aliphatic rings. The fourth-order valence-electron chi connectivity index (χ4n) is 3.84. The van der Waals surface area contributed by atoms with Gasteiger partial charge in [-0.2, -0.15) is 4.31 Å². The molecule has 1 amide bonds. The Morgan fingerprint density at radius 3 is 2.61 bits per heavy atom. The molecule has 2 heterocycles. The molecular formula is C19H28FN3O4S. The van der Waals surface area contributed by atoms with Gasteiger partial charge in [-0.1, -0.05) is 0 Å². The average molecular weight is 414 g/mol.